The molecular weight excluding hydrogens is 354 g/mol. The molecule has 0 aromatic heterocycles. The molecule has 0 unspecified atom stereocenters. The second-order valence-corrected chi connectivity index (χ2v) is 8.75. The van der Waals surface area contributed by atoms with E-state index in [1.165, 1.54) is 6.42 Å². The second-order valence-electron chi connectivity index (χ2n) is 8.75. The van der Waals surface area contributed by atoms with Crippen molar-refractivity contribution in [3.63, 3.8) is 0 Å². The molecule has 3 rings (SSSR count). The Balaban J connectivity index is 1.55. The molecule has 2 saturated carbocycles. The van der Waals surface area contributed by atoms with Crippen LogP contribution < -0.4 is 10.7 Å². The predicted octanol–water partition coefficient (Wildman–Crippen LogP) is 4.07. The first-order chi connectivity index (χ1) is 13.3. The average molecular weight is 383 g/mol. The Bertz CT molecular complexity index is 775. The SMILES string of the molecule is CC1(C)CC(=O)C/C(=N\NC(=O)c2ccc(NC(=O)C3CCCCC3)cc2)C1. The Morgan fingerprint density at radius 2 is 1.71 bits per heavy atom. The number of rotatable bonds is 4. The van der Waals surface area contributed by atoms with Crippen LogP contribution in [-0.4, -0.2) is 23.3 Å². The molecule has 2 N–H and O–H groups in total. The van der Waals surface area contributed by atoms with Crippen LogP contribution in [0.15, 0.2) is 29.4 Å². The van der Waals surface area contributed by atoms with E-state index in [-0.39, 0.29) is 28.9 Å². The summed E-state index contributed by atoms with van der Waals surface area (Å²) in [5, 5.41) is 7.10. The molecule has 0 aliphatic heterocycles. The third-order valence-corrected chi connectivity index (χ3v) is 5.47. The van der Waals surface area contributed by atoms with Gasteiger partial charge in [0.2, 0.25) is 5.91 Å². The van der Waals surface area contributed by atoms with E-state index in [1.54, 1.807) is 24.3 Å². The minimum Gasteiger partial charge on any atom is -0.326 e. The first-order valence-electron chi connectivity index (χ1n) is 10.1. The summed E-state index contributed by atoms with van der Waals surface area (Å²) in [6, 6.07) is 6.80. The molecule has 0 spiro atoms. The molecule has 0 bridgehead atoms. The zero-order chi connectivity index (χ0) is 20.1. The predicted molar refractivity (Wildman–Crippen MR) is 109 cm³/mol. The van der Waals surface area contributed by atoms with Gasteiger partial charge < -0.3 is 5.32 Å². The van der Waals surface area contributed by atoms with Gasteiger partial charge in [-0.1, -0.05) is 33.1 Å². The highest BCUT2D eigenvalue weighted by atomic mass is 16.2. The molecule has 2 aliphatic carbocycles. The number of nitrogens with zero attached hydrogens (tertiary/aromatic N) is 1. The van der Waals surface area contributed by atoms with Crippen molar-refractivity contribution in [1.82, 2.24) is 5.43 Å². The third-order valence-electron chi connectivity index (χ3n) is 5.47. The Morgan fingerprint density at radius 1 is 1.04 bits per heavy atom. The van der Waals surface area contributed by atoms with Crippen LogP contribution in [0.1, 0.15) is 75.6 Å². The highest BCUT2D eigenvalue weighted by Crippen LogP contribution is 2.31. The van der Waals surface area contributed by atoms with Crippen LogP contribution in [0.25, 0.3) is 0 Å². The number of hydrazone groups is 1. The summed E-state index contributed by atoms with van der Waals surface area (Å²) in [7, 11) is 0. The summed E-state index contributed by atoms with van der Waals surface area (Å²) in [6.07, 6.45) is 6.89. The number of hydrogen-bond donors (Lipinski definition) is 2. The Hall–Kier alpha value is -2.50. The lowest BCUT2D eigenvalue weighted by Gasteiger charge is -2.29. The molecular formula is C22H29N3O3. The van der Waals surface area contributed by atoms with Crippen LogP contribution in [0.4, 0.5) is 5.69 Å². The van der Waals surface area contributed by atoms with Crippen LogP contribution in [0.3, 0.4) is 0 Å². The first kappa shape index (κ1) is 20.2. The fraction of sp³-hybridized carbons (Fsp3) is 0.545. The molecule has 1 aromatic rings. The van der Waals surface area contributed by atoms with Gasteiger partial charge in [-0.3, -0.25) is 14.4 Å². The molecule has 6 nitrogen and oxygen atoms in total. The lowest BCUT2D eigenvalue weighted by atomic mass is 9.76. The van der Waals surface area contributed by atoms with Gasteiger partial charge in [0.15, 0.2) is 0 Å². The number of Topliss-reactive ketones (excluding diaryl/α,β-unsaturated/α-hetero) is 1. The van der Waals surface area contributed by atoms with Crippen LogP contribution >= 0.6 is 0 Å². The van der Waals surface area contributed by atoms with E-state index in [4.69, 9.17) is 0 Å². The largest absolute Gasteiger partial charge is 0.326 e. The number of benzene rings is 1. The maximum atomic E-state index is 12.3. The monoisotopic (exact) mass is 383 g/mol. The molecule has 6 heteroatoms. The van der Waals surface area contributed by atoms with Crippen molar-refractivity contribution in [2.45, 2.75) is 65.2 Å². The van der Waals surface area contributed by atoms with E-state index in [2.05, 4.69) is 15.8 Å². The molecule has 2 aliphatic rings. The van der Waals surface area contributed by atoms with Crippen molar-refractivity contribution in [3.05, 3.63) is 29.8 Å². The number of ketones is 1. The van der Waals surface area contributed by atoms with Crippen molar-refractivity contribution >= 4 is 29.0 Å². The van der Waals surface area contributed by atoms with Crippen LogP contribution in [0.5, 0.6) is 0 Å². The van der Waals surface area contributed by atoms with Crippen molar-refractivity contribution in [2.24, 2.45) is 16.4 Å². The molecule has 0 atom stereocenters. The summed E-state index contributed by atoms with van der Waals surface area (Å²) in [4.78, 5) is 36.4. The van der Waals surface area contributed by atoms with Crippen molar-refractivity contribution in [2.75, 3.05) is 5.32 Å². The van der Waals surface area contributed by atoms with Gasteiger partial charge >= 0.3 is 0 Å². The third kappa shape index (κ3) is 5.50. The topological polar surface area (TPSA) is 87.6 Å². The smallest absolute Gasteiger partial charge is 0.271 e. The quantitative estimate of drug-likeness (QED) is 0.768. The fourth-order valence-electron chi connectivity index (χ4n) is 4.09. The zero-order valence-electron chi connectivity index (χ0n) is 16.7. The molecule has 2 fully saturated rings. The lowest BCUT2D eigenvalue weighted by Crippen LogP contribution is -2.31. The summed E-state index contributed by atoms with van der Waals surface area (Å²) in [6.45, 7) is 4.06. The molecule has 0 heterocycles. The van der Waals surface area contributed by atoms with Crippen LogP contribution in [0.2, 0.25) is 0 Å². The average Bonchev–Trinajstić information content (AvgIpc) is 2.66. The van der Waals surface area contributed by atoms with Crippen LogP contribution in [-0.2, 0) is 9.59 Å². The maximum Gasteiger partial charge on any atom is 0.271 e. The van der Waals surface area contributed by atoms with Gasteiger partial charge in [-0.15, -0.1) is 0 Å². The highest BCUT2D eigenvalue weighted by Gasteiger charge is 2.30. The summed E-state index contributed by atoms with van der Waals surface area (Å²) in [5.74, 6) is -0.0151. The fourth-order valence-corrected chi connectivity index (χ4v) is 4.09. The summed E-state index contributed by atoms with van der Waals surface area (Å²) < 4.78 is 0. The Morgan fingerprint density at radius 3 is 2.36 bits per heavy atom. The number of anilines is 1. The Labute approximate surface area is 166 Å². The van der Waals surface area contributed by atoms with Gasteiger partial charge in [0, 0.05) is 35.7 Å². The molecule has 28 heavy (non-hydrogen) atoms. The summed E-state index contributed by atoms with van der Waals surface area (Å²) in [5.41, 5.74) is 4.30. The van der Waals surface area contributed by atoms with Gasteiger partial charge in [-0.25, -0.2) is 5.43 Å². The number of carbonyl (C=O) groups is 3. The molecule has 1 aromatic carbocycles. The standard InChI is InChI=1S/C22H29N3O3/c1-22(2)13-18(12-19(26)14-22)24-25-21(28)16-8-10-17(11-9-16)23-20(27)15-6-4-3-5-7-15/h8-11,15H,3-7,12-14H2,1-2H3,(H,23,27)(H,25,28)/b24-18+. The number of carbonyl (C=O) groups excluding carboxylic acids is 3. The second kappa shape index (κ2) is 8.67. The summed E-state index contributed by atoms with van der Waals surface area (Å²) >= 11 is 0. The number of amides is 2. The van der Waals surface area contributed by atoms with Gasteiger partial charge in [-0.05, 0) is 48.9 Å². The molecule has 150 valence electrons. The Kier molecular flexibility index (Phi) is 6.27. The highest BCUT2D eigenvalue weighted by molar-refractivity contribution is 6.05. The van der Waals surface area contributed by atoms with E-state index in [0.29, 0.717) is 36.2 Å². The normalized spacial score (nSPS) is 21.4. The van der Waals surface area contributed by atoms with Gasteiger partial charge in [0.1, 0.15) is 5.78 Å². The maximum absolute atomic E-state index is 12.3. The lowest BCUT2D eigenvalue weighted by molar-refractivity contribution is -0.121. The minimum atomic E-state index is -0.325. The molecule has 2 amide bonds. The number of nitrogens with one attached hydrogen (secondary N) is 2. The van der Waals surface area contributed by atoms with E-state index < -0.39 is 0 Å². The zero-order valence-corrected chi connectivity index (χ0v) is 16.7. The van der Waals surface area contributed by atoms with Crippen molar-refractivity contribution < 1.29 is 14.4 Å². The van der Waals surface area contributed by atoms with E-state index in [9.17, 15) is 14.4 Å². The van der Waals surface area contributed by atoms with Gasteiger partial charge in [-0.2, -0.15) is 5.10 Å². The van der Waals surface area contributed by atoms with E-state index in [0.717, 1.165) is 25.7 Å². The van der Waals surface area contributed by atoms with Gasteiger partial charge in [0.05, 0.1) is 0 Å². The minimum absolute atomic E-state index is 0.0629. The van der Waals surface area contributed by atoms with Crippen molar-refractivity contribution in [1.29, 1.82) is 0 Å². The molecule has 0 saturated heterocycles. The van der Waals surface area contributed by atoms with Crippen molar-refractivity contribution in [3.8, 4) is 0 Å². The van der Waals surface area contributed by atoms with E-state index >= 15 is 0 Å². The first-order valence-corrected chi connectivity index (χ1v) is 10.1. The number of hydrogen-bond acceptors (Lipinski definition) is 4. The van der Waals surface area contributed by atoms with E-state index in [1.807, 2.05) is 13.8 Å². The van der Waals surface area contributed by atoms with Gasteiger partial charge in [0.25, 0.3) is 5.91 Å². The molecule has 0 radical (unpaired) electrons. The van der Waals surface area contributed by atoms with Crippen LogP contribution in [0, 0.1) is 11.3 Å².